The van der Waals surface area contributed by atoms with Crippen molar-refractivity contribution in [3.05, 3.63) is 58.1 Å². The highest BCUT2D eigenvalue weighted by molar-refractivity contribution is 9.10. The third kappa shape index (κ3) is 2.37. The summed E-state index contributed by atoms with van der Waals surface area (Å²) in [5.74, 6) is -0.914. The van der Waals surface area contributed by atoms with Crippen molar-refractivity contribution in [2.45, 2.75) is 30.8 Å². The zero-order valence-corrected chi connectivity index (χ0v) is 19.1. The fourth-order valence-electron chi connectivity index (χ4n) is 5.88. The van der Waals surface area contributed by atoms with Gasteiger partial charge in [0, 0.05) is 37.1 Å². The van der Waals surface area contributed by atoms with Crippen LogP contribution in [0.1, 0.15) is 33.2 Å². The zero-order chi connectivity index (χ0) is 23.5. The lowest BCUT2D eigenvalue weighted by atomic mass is 9.96. The molecule has 8 nitrogen and oxygen atoms in total. The van der Waals surface area contributed by atoms with Crippen molar-refractivity contribution in [1.82, 2.24) is 14.9 Å². The minimum absolute atomic E-state index is 0.140. The number of fused-ring (bicyclic) bond motifs is 10. The predicted octanol–water partition coefficient (Wildman–Crippen LogP) is 3.10. The van der Waals surface area contributed by atoms with Crippen LogP contribution in [-0.2, 0) is 0 Å². The molecule has 2 aliphatic rings. The third-order valence-corrected chi connectivity index (χ3v) is 7.79. The highest BCUT2D eigenvalue weighted by Gasteiger charge is 2.44. The molecule has 4 atom stereocenters. The Kier molecular flexibility index (Phi) is 3.95. The number of benzene rings is 3. The first kappa shape index (κ1) is 20.2. The van der Waals surface area contributed by atoms with Crippen LogP contribution in [0.2, 0.25) is 0 Å². The molecule has 3 aromatic carbocycles. The summed E-state index contributed by atoms with van der Waals surface area (Å²) in [6.45, 7) is 0. The van der Waals surface area contributed by atoms with Gasteiger partial charge in [-0.25, -0.2) is 0 Å². The van der Waals surface area contributed by atoms with Crippen LogP contribution in [0, 0.1) is 0 Å². The van der Waals surface area contributed by atoms with E-state index in [4.69, 9.17) is 0 Å². The van der Waals surface area contributed by atoms with Crippen LogP contribution in [-0.4, -0.2) is 55.0 Å². The molecule has 5 aromatic rings. The molecule has 0 bridgehead atoms. The Bertz CT molecular complexity index is 1740. The monoisotopic (exact) mass is 519 g/mol. The Morgan fingerprint density at radius 2 is 1.65 bits per heavy atom. The lowest BCUT2D eigenvalue weighted by molar-refractivity contribution is -0.0241. The first-order chi connectivity index (χ1) is 16.4. The summed E-state index contributed by atoms with van der Waals surface area (Å²) in [5.41, 5.74) is 3.47. The van der Waals surface area contributed by atoms with Gasteiger partial charge < -0.3 is 24.9 Å². The van der Waals surface area contributed by atoms with E-state index in [1.165, 1.54) is 0 Å². The smallest absolute Gasteiger partial charge is 0.259 e. The number of imide groups is 1. The Morgan fingerprint density at radius 1 is 0.912 bits per heavy atom. The number of aliphatic hydroxyl groups is 3. The molecule has 34 heavy (non-hydrogen) atoms. The van der Waals surface area contributed by atoms with Gasteiger partial charge in [0.05, 0.1) is 34.3 Å². The van der Waals surface area contributed by atoms with E-state index in [1.807, 2.05) is 47.0 Å². The van der Waals surface area contributed by atoms with Crippen molar-refractivity contribution >= 4 is 71.4 Å². The molecule has 2 amide bonds. The molecule has 1 aliphatic heterocycles. The van der Waals surface area contributed by atoms with Crippen molar-refractivity contribution < 1.29 is 24.9 Å². The predicted molar refractivity (Wildman–Crippen MR) is 130 cm³/mol. The van der Waals surface area contributed by atoms with Crippen LogP contribution in [0.4, 0.5) is 0 Å². The first-order valence-corrected chi connectivity index (χ1v) is 11.8. The van der Waals surface area contributed by atoms with Gasteiger partial charge >= 0.3 is 0 Å². The van der Waals surface area contributed by atoms with E-state index in [-0.39, 0.29) is 6.42 Å². The van der Waals surface area contributed by atoms with Crippen molar-refractivity contribution in [2.75, 3.05) is 0 Å². The SMILES string of the molecule is O=C1NC(=O)c2c1c1c3ccccc3[nH]c1c1c2c2cc(Br)ccc2n1[C@@H]1C[C@H](O)[C@@H](O)[C@H]1O. The number of nitrogens with zero attached hydrogens (tertiary/aromatic N) is 1. The molecule has 1 fully saturated rings. The maximum atomic E-state index is 13.1. The Labute approximate surface area is 199 Å². The molecule has 0 radical (unpaired) electrons. The summed E-state index contributed by atoms with van der Waals surface area (Å²) in [7, 11) is 0. The molecule has 3 heterocycles. The molecule has 1 aliphatic carbocycles. The zero-order valence-electron chi connectivity index (χ0n) is 17.5. The van der Waals surface area contributed by atoms with E-state index < -0.39 is 36.2 Å². The molecule has 2 aromatic heterocycles. The number of nitrogens with one attached hydrogen (secondary N) is 2. The molecule has 0 unspecified atom stereocenters. The standard InChI is InChI=1S/C25H18BrN3O5/c26-9-5-6-13-11(7-9)17-19-18(24(33)28-25(19)34)16-10-3-1-2-4-12(10)27-20(16)21(17)29(13)14-8-15(30)23(32)22(14)31/h1-7,14-15,22-23,27,30-32H,8H2,(H,28,33,34)/t14-,15+,22+,23-/m1/s1. The summed E-state index contributed by atoms with van der Waals surface area (Å²) in [4.78, 5) is 29.6. The Morgan fingerprint density at radius 3 is 2.38 bits per heavy atom. The molecule has 170 valence electrons. The molecule has 7 rings (SSSR count). The lowest BCUT2D eigenvalue weighted by Crippen LogP contribution is -2.31. The van der Waals surface area contributed by atoms with Crippen LogP contribution in [0.5, 0.6) is 0 Å². The van der Waals surface area contributed by atoms with Gasteiger partial charge in [0.25, 0.3) is 11.8 Å². The summed E-state index contributed by atoms with van der Waals surface area (Å²) in [6, 6.07) is 12.5. The largest absolute Gasteiger partial charge is 0.390 e. The number of aromatic nitrogens is 2. The van der Waals surface area contributed by atoms with E-state index in [0.29, 0.717) is 32.9 Å². The fourth-order valence-corrected chi connectivity index (χ4v) is 6.24. The topological polar surface area (TPSA) is 128 Å². The van der Waals surface area contributed by atoms with E-state index in [2.05, 4.69) is 26.2 Å². The number of hydrogen-bond donors (Lipinski definition) is 5. The quantitative estimate of drug-likeness (QED) is 0.217. The normalized spacial score (nSPS) is 24.7. The van der Waals surface area contributed by atoms with Gasteiger partial charge in [0.15, 0.2) is 0 Å². The highest BCUT2D eigenvalue weighted by atomic mass is 79.9. The number of aromatic amines is 1. The van der Waals surface area contributed by atoms with Gasteiger partial charge in [-0.1, -0.05) is 34.1 Å². The van der Waals surface area contributed by atoms with Crippen LogP contribution in [0.25, 0.3) is 43.6 Å². The molecule has 1 saturated carbocycles. The number of halogens is 1. The maximum absolute atomic E-state index is 13.1. The Hall–Kier alpha value is -3.24. The molecule has 5 N–H and O–H groups in total. The van der Waals surface area contributed by atoms with Crippen molar-refractivity contribution in [1.29, 1.82) is 0 Å². The summed E-state index contributed by atoms with van der Waals surface area (Å²) in [5, 5.41) is 36.8. The number of carbonyl (C=O) groups is 2. The molecular weight excluding hydrogens is 502 g/mol. The number of amides is 2. The van der Waals surface area contributed by atoms with E-state index in [1.54, 1.807) is 0 Å². The van der Waals surface area contributed by atoms with Crippen molar-refractivity contribution in [3.63, 3.8) is 0 Å². The fraction of sp³-hybridized carbons (Fsp3) is 0.200. The van der Waals surface area contributed by atoms with E-state index >= 15 is 0 Å². The third-order valence-electron chi connectivity index (χ3n) is 7.29. The highest BCUT2D eigenvalue weighted by Crippen LogP contribution is 2.47. The van der Waals surface area contributed by atoms with Gasteiger partial charge in [-0.3, -0.25) is 14.9 Å². The van der Waals surface area contributed by atoms with Crippen LogP contribution >= 0.6 is 15.9 Å². The second-order valence-electron chi connectivity index (χ2n) is 9.06. The molecule has 9 heteroatoms. The lowest BCUT2D eigenvalue weighted by Gasteiger charge is -2.21. The first-order valence-electron chi connectivity index (χ1n) is 11.0. The summed E-state index contributed by atoms with van der Waals surface area (Å²) >= 11 is 3.51. The van der Waals surface area contributed by atoms with Crippen LogP contribution in [0.3, 0.4) is 0 Å². The Balaban J connectivity index is 1.78. The van der Waals surface area contributed by atoms with E-state index in [0.717, 1.165) is 26.3 Å². The molecule has 0 spiro atoms. The van der Waals surface area contributed by atoms with Crippen molar-refractivity contribution in [2.24, 2.45) is 0 Å². The number of para-hydroxylation sites is 1. The number of hydrogen-bond acceptors (Lipinski definition) is 5. The second-order valence-corrected chi connectivity index (χ2v) is 9.98. The van der Waals surface area contributed by atoms with E-state index in [9.17, 15) is 24.9 Å². The second kappa shape index (κ2) is 6.67. The molecule has 0 saturated heterocycles. The minimum atomic E-state index is -1.29. The van der Waals surface area contributed by atoms with Gasteiger partial charge in [-0.15, -0.1) is 0 Å². The maximum Gasteiger partial charge on any atom is 0.259 e. The number of carbonyl (C=O) groups excluding carboxylic acids is 2. The van der Waals surface area contributed by atoms with Gasteiger partial charge in [0.2, 0.25) is 0 Å². The summed E-state index contributed by atoms with van der Waals surface area (Å²) in [6.07, 6.45) is -3.44. The van der Waals surface area contributed by atoms with Gasteiger partial charge in [-0.05, 0) is 30.7 Å². The number of H-pyrrole nitrogens is 1. The summed E-state index contributed by atoms with van der Waals surface area (Å²) < 4.78 is 2.69. The van der Waals surface area contributed by atoms with Crippen LogP contribution in [0.15, 0.2) is 46.9 Å². The minimum Gasteiger partial charge on any atom is -0.390 e. The average Bonchev–Trinajstić information content (AvgIpc) is 3.50. The van der Waals surface area contributed by atoms with Crippen molar-refractivity contribution in [3.8, 4) is 0 Å². The van der Waals surface area contributed by atoms with Crippen LogP contribution < -0.4 is 5.32 Å². The average molecular weight is 520 g/mol. The number of aliphatic hydroxyl groups excluding tert-OH is 3. The molecular formula is C25H18BrN3O5. The number of rotatable bonds is 1. The van der Waals surface area contributed by atoms with Gasteiger partial charge in [-0.2, -0.15) is 0 Å². The van der Waals surface area contributed by atoms with Gasteiger partial charge in [0.1, 0.15) is 12.2 Å².